The summed E-state index contributed by atoms with van der Waals surface area (Å²) in [5.41, 5.74) is 1.04. The van der Waals surface area contributed by atoms with Gasteiger partial charge in [-0.3, -0.25) is 4.79 Å². The van der Waals surface area contributed by atoms with Crippen LogP contribution in [0.25, 0.3) is 0 Å². The first-order valence-electron chi connectivity index (χ1n) is 7.21. The zero-order valence-corrected chi connectivity index (χ0v) is 11.6. The molecule has 1 aromatic rings. The second kappa shape index (κ2) is 5.71. The molecule has 21 heavy (non-hydrogen) atoms. The molecule has 0 unspecified atom stereocenters. The Kier molecular flexibility index (Phi) is 3.77. The largest absolute Gasteiger partial charge is 0.351 e. The summed E-state index contributed by atoms with van der Waals surface area (Å²) in [6, 6.07) is 6.29. The summed E-state index contributed by atoms with van der Waals surface area (Å²) >= 11 is 0. The smallest absolute Gasteiger partial charge is 0.317 e. The van der Waals surface area contributed by atoms with Gasteiger partial charge in [0.1, 0.15) is 12.4 Å². The Hall–Kier alpha value is -2.11. The molecule has 2 fully saturated rings. The third-order valence-electron chi connectivity index (χ3n) is 3.94. The van der Waals surface area contributed by atoms with E-state index in [-0.39, 0.29) is 36.3 Å². The van der Waals surface area contributed by atoms with Crippen molar-refractivity contribution < 1.29 is 14.0 Å². The number of benzene rings is 1. The summed E-state index contributed by atoms with van der Waals surface area (Å²) in [6.07, 6.45) is 1.73. The van der Waals surface area contributed by atoms with Crippen LogP contribution >= 0.6 is 0 Å². The number of nitrogens with one attached hydrogen (secondary N) is 2. The average molecular weight is 291 g/mol. The molecule has 1 aliphatic heterocycles. The van der Waals surface area contributed by atoms with E-state index < -0.39 is 0 Å². The number of amides is 3. The monoisotopic (exact) mass is 291 g/mol. The molecule has 0 aromatic heterocycles. The molecule has 1 heterocycles. The van der Waals surface area contributed by atoms with Crippen LogP contribution in [0.2, 0.25) is 0 Å². The lowest BCUT2D eigenvalue weighted by Crippen LogP contribution is -2.50. The minimum absolute atomic E-state index is 0.0933. The van der Waals surface area contributed by atoms with Gasteiger partial charge in [0, 0.05) is 25.0 Å². The van der Waals surface area contributed by atoms with Gasteiger partial charge in [0.15, 0.2) is 0 Å². The molecule has 1 aliphatic carbocycles. The molecule has 112 valence electrons. The molecular formula is C15H18FN3O2. The van der Waals surface area contributed by atoms with Crippen LogP contribution in [-0.4, -0.2) is 42.5 Å². The Bertz CT molecular complexity index is 546. The van der Waals surface area contributed by atoms with Crippen molar-refractivity contribution in [2.24, 2.45) is 0 Å². The molecule has 0 spiro atoms. The second-order valence-electron chi connectivity index (χ2n) is 5.57. The fraction of sp³-hybridized carbons (Fsp3) is 0.467. The van der Waals surface area contributed by atoms with E-state index in [4.69, 9.17) is 0 Å². The van der Waals surface area contributed by atoms with Gasteiger partial charge in [-0.05, 0) is 30.5 Å². The van der Waals surface area contributed by atoms with Crippen LogP contribution in [0.1, 0.15) is 24.3 Å². The fourth-order valence-electron chi connectivity index (χ4n) is 2.69. The van der Waals surface area contributed by atoms with E-state index in [2.05, 4.69) is 10.6 Å². The molecule has 3 amide bonds. The van der Waals surface area contributed by atoms with Crippen LogP contribution in [0.5, 0.6) is 0 Å². The topological polar surface area (TPSA) is 61.4 Å². The lowest BCUT2D eigenvalue weighted by molar-refractivity contribution is -0.121. The molecule has 3 rings (SSSR count). The number of hydrogen-bond acceptors (Lipinski definition) is 2. The minimum Gasteiger partial charge on any atom is -0.351 e. The first kappa shape index (κ1) is 13.9. The predicted molar refractivity (Wildman–Crippen MR) is 75.3 cm³/mol. The maximum atomic E-state index is 12.9. The Balaban J connectivity index is 1.48. The van der Waals surface area contributed by atoms with E-state index in [1.54, 1.807) is 12.1 Å². The molecule has 5 nitrogen and oxygen atoms in total. The standard InChI is InChI=1S/C15H18FN3O2/c16-11-4-2-10(3-5-11)12-8-13(12)18-14(20)9-19-7-1-6-17-15(19)21/h2-5,12-13H,1,6-9H2,(H,17,21)(H,18,20)/t12-,13-/m1/s1. The van der Waals surface area contributed by atoms with Gasteiger partial charge in [-0.2, -0.15) is 0 Å². The maximum absolute atomic E-state index is 12.9. The number of nitrogens with zero attached hydrogens (tertiary/aromatic N) is 1. The summed E-state index contributed by atoms with van der Waals surface area (Å²) in [4.78, 5) is 25.0. The average Bonchev–Trinajstić information content (AvgIpc) is 3.21. The van der Waals surface area contributed by atoms with Gasteiger partial charge in [0.25, 0.3) is 0 Å². The van der Waals surface area contributed by atoms with E-state index in [0.29, 0.717) is 13.1 Å². The van der Waals surface area contributed by atoms with Crippen LogP contribution in [0.4, 0.5) is 9.18 Å². The third kappa shape index (κ3) is 3.32. The molecule has 1 saturated carbocycles. The predicted octanol–water partition coefficient (Wildman–Crippen LogP) is 1.21. The van der Waals surface area contributed by atoms with Crippen molar-refractivity contribution in [1.82, 2.24) is 15.5 Å². The SMILES string of the molecule is O=C(CN1CCCNC1=O)N[C@@H]1C[C@@H]1c1ccc(F)cc1. The highest BCUT2D eigenvalue weighted by molar-refractivity contribution is 5.84. The van der Waals surface area contributed by atoms with Gasteiger partial charge in [0.05, 0.1) is 0 Å². The summed E-state index contributed by atoms with van der Waals surface area (Å²) in [7, 11) is 0. The van der Waals surface area contributed by atoms with Crippen molar-refractivity contribution in [3.05, 3.63) is 35.6 Å². The summed E-state index contributed by atoms with van der Waals surface area (Å²) in [5.74, 6) is -0.137. The summed E-state index contributed by atoms with van der Waals surface area (Å²) < 4.78 is 12.9. The number of hydrogen-bond donors (Lipinski definition) is 2. The van der Waals surface area contributed by atoms with Gasteiger partial charge >= 0.3 is 6.03 Å². The molecule has 1 saturated heterocycles. The van der Waals surface area contributed by atoms with Gasteiger partial charge in [-0.1, -0.05) is 12.1 Å². The molecule has 2 atom stereocenters. The Morgan fingerprint density at radius 3 is 2.86 bits per heavy atom. The zero-order valence-electron chi connectivity index (χ0n) is 11.6. The molecule has 1 aromatic carbocycles. The van der Waals surface area contributed by atoms with Crippen molar-refractivity contribution in [3.8, 4) is 0 Å². The molecular weight excluding hydrogens is 273 g/mol. The Morgan fingerprint density at radius 1 is 1.38 bits per heavy atom. The number of carbonyl (C=O) groups excluding carboxylic acids is 2. The van der Waals surface area contributed by atoms with Crippen molar-refractivity contribution >= 4 is 11.9 Å². The van der Waals surface area contributed by atoms with Crippen molar-refractivity contribution in [2.45, 2.75) is 24.8 Å². The lowest BCUT2D eigenvalue weighted by atomic mass is 10.1. The van der Waals surface area contributed by atoms with Crippen molar-refractivity contribution in [1.29, 1.82) is 0 Å². The maximum Gasteiger partial charge on any atom is 0.317 e. The minimum atomic E-state index is -0.254. The highest BCUT2D eigenvalue weighted by Crippen LogP contribution is 2.40. The van der Waals surface area contributed by atoms with Gasteiger partial charge < -0.3 is 15.5 Å². The lowest BCUT2D eigenvalue weighted by Gasteiger charge is -2.26. The first-order chi connectivity index (χ1) is 10.1. The number of halogens is 1. The Morgan fingerprint density at radius 2 is 2.14 bits per heavy atom. The first-order valence-corrected chi connectivity index (χ1v) is 7.21. The quantitative estimate of drug-likeness (QED) is 0.876. The van der Waals surface area contributed by atoms with Gasteiger partial charge in [-0.25, -0.2) is 9.18 Å². The zero-order chi connectivity index (χ0) is 14.8. The third-order valence-corrected chi connectivity index (χ3v) is 3.94. The van der Waals surface area contributed by atoms with Crippen LogP contribution in [0.3, 0.4) is 0 Å². The van der Waals surface area contributed by atoms with Gasteiger partial charge in [-0.15, -0.1) is 0 Å². The molecule has 2 N–H and O–H groups in total. The van der Waals surface area contributed by atoms with E-state index in [1.165, 1.54) is 17.0 Å². The highest BCUT2D eigenvalue weighted by Gasteiger charge is 2.39. The molecule has 0 radical (unpaired) electrons. The van der Waals surface area contributed by atoms with E-state index in [9.17, 15) is 14.0 Å². The summed E-state index contributed by atoms with van der Waals surface area (Å²) in [5, 5.41) is 5.65. The van der Waals surface area contributed by atoms with E-state index in [1.807, 2.05) is 0 Å². The van der Waals surface area contributed by atoms with Gasteiger partial charge in [0.2, 0.25) is 5.91 Å². The van der Waals surface area contributed by atoms with Crippen LogP contribution in [-0.2, 0) is 4.79 Å². The van der Waals surface area contributed by atoms with Crippen LogP contribution in [0.15, 0.2) is 24.3 Å². The highest BCUT2D eigenvalue weighted by atomic mass is 19.1. The van der Waals surface area contributed by atoms with E-state index >= 15 is 0 Å². The van der Waals surface area contributed by atoms with Crippen molar-refractivity contribution in [2.75, 3.05) is 19.6 Å². The fourth-order valence-corrected chi connectivity index (χ4v) is 2.69. The Labute approximate surface area is 122 Å². The van der Waals surface area contributed by atoms with E-state index in [0.717, 1.165) is 18.4 Å². The van der Waals surface area contributed by atoms with Crippen LogP contribution in [0, 0.1) is 5.82 Å². The van der Waals surface area contributed by atoms with Crippen LogP contribution < -0.4 is 10.6 Å². The number of rotatable bonds is 4. The summed E-state index contributed by atoms with van der Waals surface area (Å²) in [6.45, 7) is 1.38. The molecule has 0 bridgehead atoms. The number of carbonyl (C=O) groups is 2. The van der Waals surface area contributed by atoms with Crippen molar-refractivity contribution in [3.63, 3.8) is 0 Å². The second-order valence-corrected chi connectivity index (χ2v) is 5.57. The normalized spacial score (nSPS) is 24.4. The number of urea groups is 1. The molecule has 6 heteroatoms. The molecule has 2 aliphatic rings.